The van der Waals surface area contributed by atoms with Gasteiger partial charge in [-0.3, -0.25) is 4.79 Å². The Balaban J connectivity index is 1.73. The number of carbonyl (C=O) groups excluding carboxylic acids is 1. The van der Waals surface area contributed by atoms with Gasteiger partial charge in [0.05, 0.1) is 17.7 Å². The number of fused-ring (bicyclic) bond motifs is 1. The molecular formula is C17H20ClNO2S. The number of hydrogen-bond donors (Lipinski definition) is 1. The Hall–Kier alpha value is -1.10. The Morgan fingerprint density at radius 2 is 2.18 bits per heavy atom. The number of halogens is 1. The van der Waals surface area contributed by atoms with E-state index in [1.54, 1.807) is 16.2 Å². The highest BCUT2D eigenvalue weighted by atomic mass is 35.5. The molecule has 1 saturated carbocycles. The standard InChI is InChI=1S/C17H20ClNO2S/c1-19(17(21)11-5-4-6-12(20)9-11)10-15-16(18)13-7-2-3-8-14(13)22-15/h2-3,7-8,11-12,20H,4-6,9-10H2,1H3/t11-,12-/m1/s1. The van der Waals surface area contributed by atoms with Crippen molar-refractivity contribution in [2.45, 2.75) is 38.3 Å². The van der Waals surface area contributed by atoms with Gasteiger partial charge in [-0.05, 0) is 25.3 Å². The van der Waals surface area contributed by atoms with Crippen LogP contribution in [0.15, 0.2) is 24.3 Å². The van der Waals surface area contributed by atoms with Crippen LogP contribution in [0.4, 0.5) is 0 Å². The molecular weight excluding hydrogens is 318 g/mol. The second kappa shape index (κ2) is 6.57. The third kappa shape index (κ3) is 3.14. The summed E-state index contributed by atoms with van der Waals surface area (Å²) in [6.45, 7) is 0.531. The molecule has 1 aromatic carbocycles. The van der Waals surface area contributed by atoms with Crippen molar-refractivity contribution in [3.63, 3.8) is 0 Å². The van der Waals surface area contributed by atoms with Gasteiger partial charge in [0.1, 0.15) is 0 Å². The number of rotatable bonds is 3. The fourth-order valence-corrected chi connectivity index (χ4v) is 4.71. The minimum Gasteiger partial charge on any atom is -0.393 e. The van der Waals surface area contributed by atoms with E-state index in [2.05, 4.69) is 6.07 Å². The average Bonchev–Trinajstić information content (AvgIpc) is 2.83. The fraction of sp³-hybridized carbons (Fsp3) is 0.471. The van der Waals surface area contributed by atoms with E-state index in [0.717, 1.165) is 39.2 Å². The molecule has 0 aliphatic heterocycles. The van der Waals surface area contributed by atoms with Crippen molar-refractivity contribution in [1.82, 2.24) is 4.90 Å². The van der Waals surface area contributed by atoms with Gasteiger partial charge in [0.25, 0.3) is 0 Å². The predicted octanol–water partition coefficient (Wildman–Crippen LogP) is 4.06. The fourth-order valence-electron chi connectivity index (χ4n) is 3.16. The van der Waals surface area contributed by atoms with Gasteiger partial charge in [0.2, 0.25) is 5.91 Å². The molecule has 118 valence electrons. The van der Waals surface area contributed by atoms with Crippen LogP contribution in [0, 0.1) is 5.92 Å². The maximum absolute atomic E-state index is 12.6. The average molecular weight is 338 g/mol. The van der Waals surface area contributed by atoms with Crippen LogP contribution in [0.1, 0.15) is 30.6 Å². The minimum atomic E-state index is -0.330. The molecule has 1 aromatic heterocycles. The normalized spacial score (nSPS) is 22.0. The first-order valence-electron chi connectivity index (χ1n) is 7.65. The summed E-state index contributed by atoms with van der Waals surface area (Å²) in [4.78, 5) is 15.3. The molecule has 2 aromatic rings. The van der Waals surface area contributed by atoms with Gasteiger partial charge < -0.3 is 10.0 Å². The lowest BCUT2D eigenvalue weighted by atomic mass is 9.86. The third-order valence-corrected chi connectivity index (χ3v) is 6.05. The van der Waals surface area contributed by atoms with E-state index >= 15 is 0 Å². The summed E-state index contributed by atoms with van der Waals surface area (Å²) in [6.07, 6.45) is 2.87. The van der Waals surface area contributed by atoms with E-state index in [4.69, 9.17) is 11.6 Å². The second-order valence-electron chi connectivity index (χ2n) is 6.05. The summed E-state index contributed by atoms with van der Waals surface area (Å²) in [5, 5.41) is 11.6. The Bertz CT molecular complexity index is 684. The summed E-state index contributed by atoms with van der Waals surface area (Å²) in [5.74, 6) is 0.0641. The van der Waals surface area contributed by atoms with Gasteiger partial charge in [0.15, 0.2) is 0 Å². The molecule has 1 aliphatic rings. The minimum absolute atomic E-state index is 0.0538. The van der Waals surface area contributed by atoms with Crippen molar-refractivity contribution >= 4 is 38.9 Å². The van der Waals surface area contributed by atoms with Crippen LogP contribution >= 0.6 is 22.9 Å². The summed E-state index contributed by atoms with van der Waals surface area (Å²) in [5.41, 5.74) is 0. The summed E-state index contributed by atoms with van der Waals surface area (Å²) in [6, 6.07) is 8.03. The highest BCUT2D eigenvalue weighted by molar-refractivity contribution is 7.19. The Labute approximate surface area is 139 Å². The Morgan fingerprint density at radius 3 is 2.91 bits per heavy atom. The van der Waals surface area contributed by atoms with Gasteiger partial charge in [-0.1, -0.05) is 36.2 Å². The molecule has 5 heteroatoms. The molecule has 0 saturated heterocycles. The highest BCUT2D eigenvalue weighted by Crippen LogP contribution is 2.36. The van der Waals surface area contributed by atoms with Crippen molar-refractivity contribution in [2.24, 2.45) is 5.92 Å². The van der Waals surface area contributed by atoms with Gasteiger partial charge in [-0.15, -0.1) is 11.3 Å². The van der Waals surface area contributed by atoms with Gasteiger partial charge in [0, 0.05) is 27.9 Å². The summed E-state index contributed by atoms with van der Waals surface area (Å²) in [7, 11) is 1.82. The highest BCUT2D eigenvalue weighted by Gasteiger charge is 2.28. The molecule has 2 atom stereocenters. The van der Waals surface area contributed by atoms with E-state index in [-0.39, 0.29) is 17.9 Å². The second-order valence-corrected chi connectivity index (χ2v) is 7.56. The molecule has 1 N–H and O–H groups in total. The van der Waals surface area contributed by atoms with Crippen LogP contribution in [-0.2, 0) is 11.3 Å². The van der Waals surface area contributed by atoms with E-state index in [9.17, 15) is 9.90 Å². The first kappa shape index (κ1) is 15.8. The Kier molecular flexibility index (Phi) is 4.71. The van der Waals surface area contributed by atoms with Gasteiger partial charge in [-0.2, -0.15) is 0 Å². The smallest absolute Gasteiger partial charge is 0.225 e. The van der Waals surface area contributed by atoms with Gasteiger partial charge in [-0.25, -0.2) is 0 Å². The van der Waals surface area contributed by atoms with Crippen molar-refractivity contribution < 1.29 is 9.90 Å². The van der Waals surface area contributed by atoms with Crippen LogP contribution in [0.5, 0.6) is 0 Å². The number of hydrogen-bond acceptors (Lipinski definition) is 3. The van der Waals surface area contributed by atoms with Crippen LogP contribution in [0.2, 0.25) is 5.02 Å². The quantitative estimate of drug-likeness (QED) is 0.917. The van der Waals surface area contributed by atoms with Crippen LogP contribution in [0.3, 0.4) is 0 Å². The maximum Gasteiger partial charge on any atom is 0.225 e. The third-order valence-electron chi connectivity index (χ3n) is 4.35. The lowest BCUT2D eigenvalue weighted by molar-refractivity contribution is -0.137. The number of thiophene rings is 1. The molecule has 1 aliphatic carbocycles. The van der Waals surface area contributed by atoms with Crippen LogP contribution in [0.25, 0.3) is 10.1 Å². The molecule has 22 heavy (non-hydrogen) atoms. The molecule has 0 unspecified atom stereocenters. The summed E-state index contributed by atoms with van der Waals surface area (Å²) < 4.78 is 1.15. The maximum atomic E-state index is 12.6. The topological polar surface area (TPSA) is 40.5 Å². The Morgan fingerprint density at radius 1 is 1.41 bits per heavy atom. The van der Waals surface area contributed by atoms with Crippen LogP contribution < -0.4 is 0 Å². The zero-order valence-electron chi connectivity index (χ0n) is 12.6. The molecule has 0 radical (unpaired) electrons. The molecule has 1 fully saturated rings. The molecule has 3 nitrogen and oxygen atoms in total. The van der Waals surface area contributed by atoms with Crippen molar-refractivity contribution in [2.75, 3.05) is 7.05 Å². The zero-order chi connectivity index (χ0) is 15.7. The lowest BCUT2D eigenvalue weighted by Gasteiger charge is -2.28. The van der Waals surface area contributed by atoms with E-state index in [0.29, 0.717) is 13.0 Å². The molecule has 0 bridgehead atoms. The van der Waals surface area contributed by atoms with Gasteiger partial charge >= 0.3 is 0 Å². The van der Waals surface area contributed by atoms with E-state index in [1.807, 2.05) is 25.2 Å². The van der Waals surface area contributed by atoms with Crippen molar-refractivity contribution in [3.05, 3.63) is 34.2 Å². The van der Waals surface area contributed by atoms with Crippen molar-refractivity contribution in [1.29, 1.82) is 0 Å². The monoisotopic (exact) mass is 337 g/mol. The van der Waals surface area contributed by atoms with E-state index < -0.39 is 0 Å². The first-order valence-corrected chi connectivity index (χ1v) is 8.84. The largest absolute Gasteiger partial charge is 0.393 e. The number of aliphatic hydroxyl groups excluding tert-OH is 1. The summed E-state index contributed by atoms with van der Waals surface area (Å²) >= 11 is 8.09. The van der Waals surface area contributed by atoms with Crippen molar-refractivity contribution in [3.8, 4) is 0 Å². The first-order chi connectivity index (χ1) is 10.6. The molecule has 1 heterocycles. The SMILES string of the molecule is CN(Cc1sc2ccccc2c1Cl)C(=O)[C@@H]1CCC[C@@H](O)C1. The zero-order valence-corrected chi connectivity index (χ0v) is 14.2. The van der Waals surface area contributed by atoms with E-state index in [1.165, 1.54) is 0 Å². The predicted molar refractivity (Wildman–Crippen MR) is 91.3 cm³/mol. The number of carbonyl (C=O) groups is 1. The number of benzene rings is 1. The number of amides is 1. The number of nitrogens with zero attached hydrogens (tertiary/aromatic N) is 1. The molecule has 3 rings (SSSR count). The molecule has 0 spiro atoms. The number of aliphatic hydroxyl groups is 1. The van der Waals surface area contributed by atoms with Crippen LogP contribution in [-0.4, -0.2) is 29.1 Å². The lowest BCUT2D eigenvalue weighted by Crippen LogP contribution is -2.36. The molecule has 1 amide bonds.